The molecule has 0 aliphatic heterocycles. The van der Waals surface area contributed by atoms with Crippen LogP contribution in [0, 0.1) is 0 Å². The van der Waals surface area contributed by atoms with Crippen LogP contribution in [0.1, 0.15) is 20.7 Å². The molecule has 0 bridgehead atoms. The molecule has 2 aromatic carbocycles. The zero-order valence-corrected chi connectivity index (χ0v) is 13.3. The number of halogens is 1. The number of carbonyl (C=O) groups is 2. The smallest absolute Gasteiger partial charge is 0.271 e. The molecule has 0 atom stereocenters. The van der Waals surface area contributed by atoms with Crippen molar-refractivity contribution >= 4 is 23.4 Å². The Morgan fingerprint density at radius 2 is 1.57 bits per heavy atom. The summed E-state index contributed by atoms with van der Waals surface area (Å²) in [4.78, 5) is 24.0. The van der Waals surface area contributed by atoms with Crippen molar-refractivity contribution in [1.82, 2.24) is 10.9 Å². The van der Waals surface area contributed by atoms with Crippen LogP contribution in [-0.4, -0.2) is 26.0 Å². The van der Waals surface area contributed by atoms with Crippen LogP contribution in [0.4, 0.5) is 0 Å². The van der Waals surface area contributed by atoms with E-state index in [-0.39, 0.29) is 5.56 Å². The Balaban J connectivity index is 2.05. The average Bonchev–Trinajstić information content (AvgIpc) is 2.59. The number of ether oxygens (including phenoxy) is 2. The predicted octanol–water partition coefficient (Wildman–Crippen LogP) is 2.43. The van der Waals surface area contributed by atoms with Gasteiger partial charge in [0.05, 0.1) is 24.8 Å². The molecule has 0 saturated carbocycles. The molecule has 0 spiro atoms. The molecule has 6 nitrogen and oxygen atoms in total. The highest BCUT2D eigenvalue weighted by molar-refractivity contribution is 6.33. The van der Waals surface area contributed by atoms with Crippen molar-refractivity contribution in [2.75, 3.05) is 14.2 Å². The summed E-state index contributed by atoms with van der Waals surface area (Å²) in [6.07, 6.45) is 0. The van der Waals surface area contributed by atoms with Gasteiger partial charge in [-0.15, -0.1) is 0 Å². The zero-order valence-electron chi connectivity index (χ0n) is 12.6. The second kappa shape index (κ2) is 7.51. The van der Waals surface area contributed by atoms with Crippen molar-refractivity contribution in [3.63, 3.8) is 0 Å². The van der Waals surface area contributed by atoms with E-state index in [0.29, 0.717) is 22.1 Å². The Labute approximate surface area is 138 Å². The van der Waals surface area contributed by atoms with Crippen LogP contribution < -0.4 is 20.3 Å². The van der Waals surface area contributed by atoms with Gasteiger partial charge in [0.25, 0.3) is 11.8 Å². The Morgan fingerprint density at radius 1 is 0.913 bits per heavy atom. The van der Waals surface area contributed by atoms with Crippen LogP contribution in [0.25, 0.3) is 0 Å². The Bertz CT molecular complexity index is 734. The monoisotopic (exact) mass is 334 g/mol. The maximum Gasteiger partial charge on any atom is 0.271 e. The molecule has 0 aromatic heterocycles. The third-order valence-corrected chi connectivity index (χ3v) is 3.38. The van der Waals surface area contributed by atoms with E-state index in [1.54, 1.807) is 36.4 Å². The number of hydrogen-bond acceptors (Lipinski definition) is 4. The summed E-state index contributed by atoms with van der Waals surface area (Å²) < 4.78 is 10.2. The zero-order chi connectivity index (χ0) is 16.8. The summed E-state index contributed by atoms with van der Waals surface area (Å²) in [5.41, 5.74) is 5.20. The summed E-state index contributed by atoms with van der Waals surface area (Å²) in [5, 5.41) is 0.297. The van der Waals surface area contributed by atoms with Gasteiger partial charge in [0.15, 0.2) is 11.5 Å². The normalized spacial score (nSPS) is 9.87. The van der Waals surface area contributed by atoms with Gasteiger partial charge in [-0.05, 0) is 30.3 Å². The topological polar surface area (TPSA) is 76.7 Å². The Kier molecular flexibility index (Phi) is 5.43. The molecule has 0 heterocycles. The van der Waals surface area contributed by atoms with E-state index in [1.807, 2.05) is 0 Å². The van der Waals surface area contributed by atoms with Gasteiger partial charge in [-0.1, -0.05) is 23.7 Å². The lowest BCUT2D eigenvalue weighted by Gasteiger charge is -2.11. The van der Waals surface area contributed by atoms with Crippen molar-refractivity contribution in [3.05, 3.63) is 58.6 Å². The molecule has 120 valence electrons. The first-order valence-corrected chi connectivity index (χ1v) is 7.02. The number of methoxy groups -OCH3 is 2. The molecule has 7 heteroatoms. The molecule has 2 amide bonds. The molecule has 0 unspecified atom stereocenters. The van der Waals surface area contributed by atoms with Gasteiger partial charge in [0, 0.05) is 5.56 Å². The molecule has 2 N–H and O–H groups in total. The molecule has 0 radical (unpaired) electrons. The van der Waals surface area contributed by atoms with Gasteiger partial charge in [-0.25, -0.2) is 0 Å². The molecule has 0 fully saturated rings. The van der Waals surface area contributed by atoms with Crippen molar-refractivity contribution in [2.45, 2.75) is 0 Å². The maximum atomic E-state index is 12.1. The van der Waals surface area contributed by atoms with E-state index in [0.717, 1.165) is 0 Å². The first kappa shape index (κ1) is 16.6. The number of carbonyl (C=O) groups excluding carboxylic acids is 2. The second-order valence-corrected chi connectivity index (χ2v) is 4.87. The summed E-state index contributed by atoms with van der Waals surface area (Å²) in [5.74, 6) is -0.0856. The second-order valence-electron chi connectivity index (χ2n) is 4.46. The minimum atomic E-state index is -0.510. The fourth-order valence-electron chi connectivity index (χ4n) is 1.88. The molecule has 0 saturated heterocycles. The van der Waals surface area contributed by atoms with Gasteiger partial charge >= 0.3 is 0 Å². The van der Waals surface area contributed by atoms with Gasteiger partial charge in [-0.3, -0.25) is 20.4 Å². The quantitative estimate of drug-likeness (QED) is 0.842. The van der Waals surface area contributed by atoms with Gasteiger partial charge in [-0.2, -0.15) is 0 Å². The third kappa shape index (κ3) is 3.92. The van der Waals surface area contributed by atoms with Crippen molar-refractivity contribution < 1.29 is 19.1 Å². The number of rotatable bonds is 4. The van der Waals surface area contributed by atoms with Gasteiger partial charge in [0.2, 0.25) is 0 Å². The van der Waals surface area contributed by atoms with Crippen molar-refractivity contribution in [2.24, 2.45) is 0 Å². The molecule has 2 rings (SSSR count). The van der Waals surface area contributed by atoms with Crippen LogP contribution in [0.15, 0.2) is 42.5 Å². The Hall–Kier alpha value is -2.73. The van der Waals surface area contributed by atoms with E-state index in [9.17, 15) is 9.59 Å². The summed E-state index contributed by atoms with van der Waals surface area (Å²) in [6.45, 7) is 0. The van der Waals surface area contributed by atoms with E-state index < -0.39 is 11.8 Å². The Morgan fingerprint density at radius 3 is 2.22 bits per heavy atom. The van der Waals surface area contributed by atoms with Crippen molar-refractivity contribution in [3.8, 4) is 11.5 Å². The van der Waals surface area contributed by atoms with Crippen LogP contribution in [0.3, 0.4) is 0 Å². The summed E-state index contributed by atoms with van der Waals surface area (Å²) >= 11 is 5.92. The van der Waals surface area contributed by atoms with Crippen LogP contribution in [0.5, 0.6) is 11.5 Å². The molecule has 2 aromatic rings. The first-order valence-electron chi connectivity index (χ1n) is 6.64. The van der Waals surface area contributed by atoms with Crippen LogP contribution in [0.2, 0.25) is 5.02 Å². The third-order valence-electron chi connectivity index (χ3n) is 3.05. The highest BCUT2D eigenvalue weighted by atomic mass is 35.5. The van der Waals surface area contributed by atoms with Crippen LogP contribution in [-0.2, 0) is 0 Å². The standard InChI is InChI=1S/C16H15ClN2O4/c1-22-13-8-7-10(9-14(13)23-2)15(20)18-19-16(21)11-5-3-4-6-12(11)17/h3-9H,1-2H3,(H,18,20)(H,19,21). The number of nitrogens with one attached hydrogen (secondary N) is 2. The molecular weight excluding hydrogens is 320 g/mol. The van der Waals surface area contributed by atoms with Crippen molar-refractivity contribution in [1.29, 1.82) is 0 Å². The first-order chi connectivity index (χ1) is 11.1. The number of hydrogen-bond donors (Lipinski definition) is 2. The van der Waals surface area contributed by atoms with E-state index in [1.165, 1.54) is 20.3 Å². The average molecular weight is 335 g/mol. The number of hydrazine groups is 1. The van der Waals surface area contributed by atoms with Crippen LogP contribution >= 0.6 is 11.6 Å². The molecule has 23 heavy (non-hydrogen) atoms. The molecule has 0 aliphatic rings. The lowest BCUT2D eigenvalue weighted by molar-refractivity contribution is 0.0846. The minimum Gasteiger partial charge on any atom is -0.493 e. The minimum absolute atomic E-state index is 0.266. The predicted molar refractivity (Wildman–Crippen MR) is 85.9 cm³/mol. The SMILES string of the molecule is COc1ccc(C(=O)NNC(=O)c2ccccc2Cl)cc1OC. The summed E-state index contributed by atoms with van der Waals surface area (Å²) in [6, 6.07) is 11.2. The lowest BCUT2D eigenvalue weighted by Crippen LogP contribution is -2.41. The number of benzene rings is 2. The fourth-order valence-corrected chi connectivity index (χ4v) is 2.10. The highest BCUT2D eigenvalue weighted by Gasteiger charge is 2.13. The number of amides is 2. The lowest BCUT2D eigenvalue weighted by atomic mass is 10.2. The van der Waals surface area contributed by atoms with E-state index in [4.69, 9.17) is 21.1 Å². The fraction of sp³-hybridized carbons (Fsp3) is 0.125. The maximum absolute atomic E-state index is 12.1. The van der Waals surface area contributed by atoms with Gasteiger partial charge in [0.1, 0.15) is 0 Å². The molecule has 0 aliphatic carbocycles. The van der Waals surface area contributed by atoms with E-state index in [2.05, 4.69) is 10.9 Å². The highest BCUT2D eigenvalue weighted by Crippen LogP contribution is 2.27. The van der Waals surface area contributed by atoms with E-state index >= 15 is 0 Å². The largest absolute Gasteiger partial charge is 0.493 e. The van der Waals surface area contributed by atoms with Gasteiger partial charge < -0.3 is 9.47 Å². The summed E-state index contributed by atoms with van der Waals surface area (Å²) in [7, 11) is 2.97. The molecular formula is C16H15ClN2O4.